The molecule has 1 aromatic carbocycles. The molecule has 2 aromatic heterocycles. The minimum atomic E-state index is 0.0238. The molecule has 1 saturated carbocycles. The van der Waals surface area contributed by atoms with E-state index >= 15 is 0 Å². The van der Waals surface area contributed by atoms with Crippen LogP contribution in [-0.4, -0.2) is 50.2 Å². The lowest BCUT2D eigenvalue weighted by Gasteiger charge is -2.31. The highest BCUT2D eigenvalue weighted by molar-refractivity contribution is 6.30. The second kappa shape index (κ2) is 10.4. The van der Waals surface area contributed by atoms with Crippen molar-refractivity contribution in [3.05, 3.63) is 35.5 Å². The third kappa shape index (κ3) is 5.67. The molecule has 1 amide bonds. The van der Waals surface area contributed by atoms with Crippen LogP contribution in [0.25, 0.3) is 11.2 Å². The van der Waals surface area contributed by atoms with Crippen LogP contribution >= 0.6 is 11.6 Å². The van der Waals surface area contributed by atoms with Crippen molar-refractivity contribution in [1.82, 2.24) is 24.8 Å². The van der Waals surface area contributed by atoms with Gasteiger partial charge in [-0.3, -0.25) is 9.36 Å². The predicted molar refractivity (Wildman–Crippen MR) is 137 cm³/mol. The van der Waals surface area contributed by atoms with Crippen molar-refractivity contribution >= 4 is 46.3 Å². The summed E-state index contributed by atoms with van der Waals surface area (Å²) >= 11 is 6.22. The Morgan fingerprint density at radius 3 is 2.71 bits per heavy atom. The number of hydrogen-bond donors (Lipinski definition) is 3. The van der Waals surface area contributed by atoms with E-state index < -0.39 is 0 Å². The monoisotopic (exact) mass is 497 g/mol. The smallest absolute Gasteiger partial charge is 0.224 e. The van der Waals surface area contributed by atoms with Gasteiger partial charge in [-0.2, -0.15) is 4.98 Å². The number of aromatic nitrogens is 4. The SMILES string of the molecule is CC(=O)NC1CCC(n2c(Nc3cccc(Cl)c3)nc3cnc(N[C@H]4CCO[C@@H](C)C4)nc32)CC1. The topological polar surface area (TPSA) is 106 Å². The predicted octanol–water partition coefficient (Wildman–Crippen LogP) is 4.82. The maximum absolute atomic E-state index is 11.5. The molecular formula is C25H32ClN7O2. The van der Waals surface area contributed by atoms with Crippen LogP contribution in [-0.2, 0) is 9.53 Å². The van der Waals surface area contributed by atoms with E-state index in [0.29, 0.717) is 11.0 Å². The molecule has 5 rings (SSSR count). The number of halogens is 1. The number of anilines is 3. The average Bonchev–Trinajstić information content (AvgIpc) is 3.16. The van der Waals surface area contributed by atoms with E-state index in [0.717, 1.165) is 67.9 Å². The number of fused-ring (bicyclic) bond motifs is 1. The summed E-state index contributed by atoms with van der Waals surface area (Å²) in [5.74, 6) is 1.35. The molecule has 35 heavy (non-hydrogen) atoms. The van der Waals surface area contributed by atoms with Crippen molar-refractivity contribution in [3.63, 3.8) is 0 Å². The summed E-state index contributed by atoms with van der Waals surface area (Å²) in [6.45, 7) is 4.41. The van der Waals surface area contributed by atoms with Crippen LogP contribution in [0.3, 0.4) is 0 Å². The van der Waals surface area contributed by atoms with Crippen molar-refractivity contribution in [2.45, 2.75) is 76.6 Å². The van der Waals surface area contributed by atoms with E-state index in [1.807, 2.05) is 24.3 Å². The van der Waals surface area contributed by atoms with Crippen LogP contribution in [0.5, 0.6) is 0 Å². The summed E-state index contributed by atoms with van der Waals surface area (Å²) in [5.41, 5.74) is 2.41. The Morgan fingerprint density at radius 2 is 1.97 bits per heavy atom. The molecule has 2 atom stereocenters. The van der Waals surface area contributed by atoms with E-state index in [2.05, 4.69) is 32.4 Å². The van der Waals surface area contributed by atoms with Gasteiger partial charge in [-0.1, -0.05) is 17.7 Å². The van der Waals surface area contributed by atoms with Gasteiger partial charge in [0.2, 0.25) is 17.8 Å². The van der Waals surface area contributed by atoms with Gasteiger partial charge < -0.3 is 20.7 Å². The fourth-order valence-corrected chi connectivity index (χ4v) is 5.36. The number of carbonyl (C=O) groups is 1. The van der Waals surface area contributed by atoms with E-state index in [9.17, 15) is 4.79 Å². The summed E-state index contributed by atoms with van der Waals surface area (Å²) in [5, 5.41) is 10.7. The van der Waals surface area contributed by atoms with Crippen LogP contribution in [0.15, 0.2) is 30.5 Å². The van der Waals surface area contributed by atoms with Crippen molar-refractivity contribution in [1.29, 1.82) is 0 Å². The molecule has 1 aliphatic carbocycles. The van der Waals surface area contributed by atoms with E-state index in [1.165, 1.54) is 0 Å². The zero-order chi connectivity index (χ0) is 24.4. The van der Waals surface area contributed by atoms with Gasteiger partial charge in [-0.25, -0.2) is 9.97 Å². The van der Waals surface area contributed by atoms with Crippen molar-refractivity contribution in [3.8, 4) is 0 Å². The Bertz CT molecular complexity index is 1190. The molecular weight excluding hydrogens is 466 g/mol. The summed E-state index contributed by atoms with van der Waals surface area (Å²) in [7, 11) is 0. The fourth-order valence-electron chi connectivity index (χ4n) is 5.17. The van der Waals surface area contributed by atoms with Gasteiger partial charge >= 0.3 is 0 Å². The zero-order valence-corrected chi connectivity index (χ0v) is 20.9. The molecule has 9 nitrogen and oxygen atoms in total. The molecule has 1 saturated heterocycles. The molecule has 186 valence electrons. The standard InChI is InChI=1S/C25H32ClN7O2/c1-15-12-20(10-11-35-15)29-24-27-14-22-23(32-24)33(21-8-6-18(7-9-21)28-16(2)34)25(31-22)30-19-5-3-4-17(26)13-19/h3-5,13-15,18,20-21H,6-12H2,1-2H3,(H,28,34)(H,30,31)(H,27,29,32)/t15-,18?,20-,21?/m0/s1. The van der Waals surface area contributed by atoms with Crippen LogP contribution in [0, 0.1) is 0 Å². The van der Waals surface area contributed by atoms with Crippen LogP contribution in [0.4, 0.5) is 17.6 Å². The molecule has 2 fully saturated rings. The number of hydrogen-bond acceptors (Lipinski definition) is 7. The maximum atomic E-state index is 11.5. The molecule has 1 aliphatic heterocycles. The van der Waals surface area contributed by atoms with Crippen LogP contribution in [0.2, 0.25) is 5.02 Å². The molecule has 10 heteroatoms. The van der Waals surface area contributed by atoms with E-state index in [1.54, 1.807) is 13.1 Å². The molecule has 3 heterocycles. The summed E-state index contributed by atoms with van der Waals surface area (Å²) in [6, 6.07) is 8.30. The molecule has 0 unspecified atom stereocenters. The lowest BCUT2D eigenvalue weighted by Crippen LogP contribution is -2.36. The summed E-state index contributed by atoms with van der Waals surface area (Å²) in [4.78, 5) is 25.8. The Labute approximate surface area is 210 Å². The molecule has 0 bridgehead atoms. The molecule has 0 radical (unpaired) electrons. The van der Waals surface area contributed by atoms with Gasteiger partial charge in [-0.15, -0.1) is 0 Å². The maximum Gasteiger partial charge on any atom is 0.224 e. The second-order valence-electron chi connectivity index (χ2n) is 9.60. The zero-order valence-electron chi connectivity index (χ0n) is 20.1. The largest absolute Gasteiger partial charge is 0.378 e. The lowest BCUT2D eigenvalue weighted by molar-refractivity contribution is -0.119. The lowest BCUT2D eigenvalue weighted by atomic mass is 9.91. The van der Waals surface area contributed by atoms with Gasteiger partial charge in [0.15, 0.2) is 5.65 Å². The Morgan fingerprint density at radius 1 is 1.14 bits per heavy atom. The highest BCUT2D eigenvalue weighted by Crippen LogP contribution is 2.35. The van der Waals surface area contributed by atoms with Gasteiger partial charge in [0, 0.05) is 42.4 Å². The highest BCUT2D eigenvalue weighted by atomic mass is 35.5. The van der Waals surface area contributed by atoms with Crippen LogP contribution in [0.1, 0.15) is 58.4 Å². The average molecular weight is 498 g/mol. The number of rotatable bonds is 6. The summed E-state index contributed by atoms with van der Waals surface area (Å²) in [6.07, 6.45) is 7.54. The number of benzene rings is 1. The van der Waals surface area contributed by atoms with E-state index in [4.69, 9.17) is 26.3 Å². The molecule has 2 aliphatic rings. The van der Waals surface area contributed by atoms with Crippen molar-refractivity contribution < 1.29 is 9.53 Å². The first kappa shape index (κ1) is 23.8. The molecule has 3 N–H and O–H groups in total. The third-order valence-corrected chi connectivity index (χ3v) is 7.04. The van der Waals surface area contributed by atoms with Gasteiger partial charge in [0.25, 0.3) is 0 Å². The number of carbonyl (C=O) groups excluding carboxylic acids is 1. The number of ether oxygens (including phenoxy) is 1. The van der Waals surface area contributed by atoms with Gasteiger partial charge in [0.05, 0.1) is 12.3 Å². The minimum Gasteiger partial charge on any atom is -0.378 e. The van der Waals surface area contributed by atoms with Gasteiger partial charge in [-0.05, 0) is 63.6 Å². The van der Waals surface area contributed by atoms with E-state index in [-0.39, 0.29) is 30.1 Å². The van der Waals surface area contributed by atoms with Crippen molar-refractivity contribution in [2.24, 2.45) is 0 Å². The number of amides is 1. The first-order valence-corrected chi connectivity index (χ1v) is 12.7. The van der Waals surface area contributed by atoms with Gasteiger partial charge in [0.1, 0.15) is 5.52 Å². The second-order valence-corrected chi connectivity index (χ2v) is 10.0. The number of imidazole rings is 1. The normalized spacial score (nSPS) is 24.8. The fraction of sp³-hybridized carbons (Fsp3) is 0.520. The Kier molecular flexibility index (Phi) is 7.06. The van der Waals surface area contributed by atoms with Crippen molar-refractivity contribution in [2.75, 3.05) is 17.2 Å². The first-order valence-electron chi connectivity index (χ1n) is 12.4. The Balaban J connectivity index is 1.45. The minimum absolute atomic E-state index is 0.0238. The Hall–Kier alpha value is -2.91. The molecule has 3 aromatic rings. The summed E-state index contributed by atoms with van der Waals surface area (Å²) < 4.78 is 7.87. The first-order chi connectivity index (χ1) is 16.9. The third-order valence-electron chi connectivity index (χ3n) is 6.80. The quantitative estimate of drug-likeness (QED) is 0.448. The highest BCUT2D eigenvalue weighted by Gasteiger charge is 2.28. The number of nitrogens with one attached hydrogen (secondary N) is 3. The molecule has 0 spiro atoms. The number of nitrogens with zero attached hydrogens (tertiary/aromatic N) is 4. The van der Waals surface area contributed by atoms with Crippen LogP contribution < -0.4 is 16.0 Å².